The van der Waals surface area contributed by atoms with E-state index in [1.54, 1.807) is 0 Å². The number of hydrogen-bond donors (Lipinski definition) is 1. The molecule has 100 valence electrons. The molecule has 2 rings (SSSR count). The van der Waals surface area contributed by atoms with Crippen molar-refractivity contribution in [2.45, 2.75) is 51.6 Å². The van der Waals surface area contributed by atoms with Crippen molar-refractivity contribution in [3.63, 3.8) is 0 Å². The van der Waals surface area contributed by atoms with E-state index in [9.17, 15) is 0 Å². The number of nitrogens with zero attached hydrogens (tertiary/aromatic N) is 2. The fourth-order valence-electron chi connectivity index (χ4n) is 3.34. The Kier molecular flexibility index (Phi) is 4.83. The summed E-state index contributed by atoms with van der Waals surface area (Å²) in [6, 6.07) is 1.19. The van der Waals surface area contributed by atoms with Crippen molar-refractivity contribution in [2.24, 2.45) is 11.7 Å². The van der Waals surface area contributed by atoms with Crippen molar-refractivity contribution in [1.29, 1.82) is 0 Å². The minimum absolute atomic E-state index is 0.423. The Morgan fingerprint density at radius 3 is 2.71 bits per heavy atom. The van der Waals surface area contributed by atoms with Gasteiger partial charge in [-0.3, -0.25) is 0 Å². The molecule has 0 aromatic heterocycles. The molecule has 3 atom stereocenters. The second kappa shape index (κ2) is 6.17. The lowest BCUT2D eigenvalue weighted by atomic mass is 9.91. The molecule has 3 heteroatoms. The Balaban J connectivity index is 1.87. The van der Waals surface area contributed by atoms with Crippen molar-refractivity contribution in [1.82, 2.24) is 9.80 Å². The summed E-state index contributed by atoms with van der Waals surface area (Å²) in [5.74, 6) is 0.684. The van der Waals surface area contributed by atoms with Gasteiger partial charge in [0.1, 0.15) is 0 Å². The highest BCUT2D eigenvalue weighted by molar-refractivity contribution is 4.86. The molecule has 0 aromatic rings. The van der Waals surface area contributed by atoms with Gasteiger partial charge in [-0.05, 0) is 51.7 Å². The molecule has 0 amide bonds. The summed E-state index contributed by atoms with van der Waals surface area (Å²) in [5, 5.41) is 0. The minimum Gasteiger partial charge on any atom is -0.327 e. The number of nitrogens with two attached hydrogens (primary N) is 1. The van der Waals surface area contributed by atoms with Gasteiger partial charge < -0.3 is 15.5 Å². The van der Waals surface area contributed by atoms with Gasteiger partial charge in [-0.1, -0.05) is 13.3 Å². The first-order valence-electron chi connectivity index (χ1n) is 7.42. The summed E-state index contributed by atoms with van der Waals surface area (Å²) < 4.78 is 0. The maximum absolute atomic E-state index is 6.31. The molecule has 0 aromatic carbocycles. The van der Waals surface area contributed by atoms with Gasteiger partial charge in [0, 0.05) is 25.2 Å². The van der Waals surface area contributed by atoms with Crippen LogP contribution in [0.1, 0.15) is 39.5 Å². The van der Waals surface area contributed by atoms with Crippen LogP contribution >= 0.6 is 0 Å². The number of hydrogen-bond acceptors (Lipinski definition) is 3. The molecule has 2 heterocycles. The molecule has 3 unspecified atom stereocenters. The average molecular weight is 239 g/mol. The molecule has 3 nitrogen and oxygen atoms in total. The molecule has 2 N–H and O–H groups in total. The van der Waals surface area contributed by atoms with E-state index in [1.807, 2.05) is 0 Å². The van der Waals surface area contributed by atoms with Gasteiger partial charge in [0.15, 0.2) is 0 Å². The van der Waals surface area contributed by atoms with Crippen molar-refractivity contribution in [2.75, 3.05) is 32.7 Å². The number of rotatable bonds is 3. The van der Waals surface area contributed by atoms with E-state index in [-0.39, 0.29) is 0 Å². The zero-order valence-corrected chi connectivity index (χ0v) is 11.6. The first-order chi connectivity index (χ1) is 8.20. The molecule has 0 spiro atoms. The molecule has 17 heavy (non-hydrogen) atoms. The van der Waals surface area contributed by atoms with Crippen LogP contribution in [0.15, 0.2) is 0 Å². The SMILES string of the molecule is CCN1CCC(N)C(CN2CCCCC2C)C1. The van der Waals surface area contributed by atoms with Crippen molar-refractivity contribution < 1.29 is 0 Å². The molecule has 0 aliphatic carbocycles. The van der Waals surface area contributed by atoms with Gasteiger partial charge in [0.05, 0.1) is 0 Å². The molecule has 2 fully saturated rings. The van der Waals surface area contributed by atoms with E-state index >= 15 is 0 Å². The fourth-order valence-corrected chi connectivity index (χ4v) is 3.34. The lowest BCUT2D eigenvalue weighted by Crippen LogP contribution is -2.52. The van der Waals surface area contributed by atoms with Crippen LogP contribution in [-0.4, -0.2) is 54.6 Å². The first kappa shape index (κ1) is 13.3. The monoisotopic (exact) mass is 239 g/mol. The zero-order valence-electron chi connectivity index (χ0n) is 11.6. The van der Waals surface area contributed by atoms with Crippen molar-refractivity contribution in [3.8, 4) is 0 Å². The standard InChI is InChI=1S/C14H29N3/c1-3-16-9-7-14(15)13(10-16)11-17-8-5-4-6-12(17)2/h12-14H,3-11,15H2,1-2H3. The lowest BCUT2D eigenvalue weighted by molar-refractivity contribution is 0.0851. The van der Waals surface area contributed by atoms with Crippen molar-refractivity contribution >= 4 is 0 Å². The highest BCUT2D eigenvalue weighted by Crippen LogP contribution is 2.22. The summed E-state index contributed by atoms with van der Waals surface area (Å²) in [7, 11) is 0. The van der Waals surface area contributed by atoms with E-state index in [2.05, 4.69) is 23.6 Å². The molecule has 2 aliphatic heterocycles. The normalized spacial score (nSPS) is 37.2. The summed E-state index contributed by atoms with van der Waals surface area (Å²) in [4.78, 5) is 5.23. The van der Waals surface area contributed by atoms with Crippen molar-refractivity contribution in [3.05, 3.63) is 0 Å². The third-order valence-corrected chi connectivity index (χ3v) is 4.73. The Hall–Kier alpha value is -0.120. The fraction of sp³-hybridized carbons (Fsp3) is 1.00. The number of likely N-dealkylation sites (tertiary alicyclic amines) is 2. The van der Waals surface area contributed by atoms with Crippen LogP contribution in [0, 0.1) is 5.92 Å². The zero-order chi connectivity index (χ0) is 12.3. The number of piperidine rings is 2. The lowest BCUT2D eigenvalue weighted by Gasteiger charge is -2.42. The third-order valence-electron chi connectivity index (χ3n) is 4.73. The van der Waals surface area contributed by atoms with E-state index in [1.165, 1.54) is 58.4 Å². The smallest absolute Gasteiger partial charge is 0.0104 e. The quantitative estimate of drug-likeness (QED) is 0.811. The molecular formula is C14H29N3. The van der Waals surface area contributed by atoms with Crippen LogP contribution in [-0.2, 0) is 0 Å². The predicted molar refractivity (Wildman–Crippen MR) is 73.1 cm³/mol. The largest absolute Gasteiger partial charge is 0.327 e. The minimum atomic E-state index is 0.423. The molecule has 0 radical (unpaired) electrons. The van der Waals surface area contributed by atoms with Crippen LogP contribution in [0.5, 0.6) is 0 Å². The Morgan fingerprint density at radius 1 is 1.18 bits per heavy atom. The second-order valence-electron chi connectivity index (χ2n) is 5.95. The van der Waals surface area contributed by atoms with E-state index < -0.39 is 0 Å². The van der Waals surface area contributed by atoms with Gasteiger partial charge >= 0.3 is 0 Å². The van der Waals surface area contributed by atoms with E-state index in [0.29, 0.717) is 12.0 Å². The van der Waals surface area contributed by atoms with Gasteiger partial charge in [-0.2, -0.15) is 0 Å². The van der Waals surface area contributed by atoms with Crippen LogP contribution < -0.4 is 5.73 Å². The molecule has 0 bridgehead atoms. The van der Waals surface area contributed by atoms with E-state index in [4.69, 9.17) is 5.73 Å². The van der Waals surface area contributed by atoms with E-state index in [0.717, 1.165) is 6.04 Å². The summed E-state index contributed by atoms with van der Waals surface area (Å²) in [5.41, 5.74) is 6.31. The Morgan fingerprint density at radius 2 is 2.00 bits per heavy atom. The maximum atomic E-state index is 6.31. The maximum Gasteiger partial charge on any atom is 0.0104 e. The van der Waals surface area contributed by atoms with Gasteiger partial charge in [0.2, 0.25) is 0 Å². The average Bonchev–Trinajstić information content (AvgIpc) is 2.35. The van der Waals surface area contributed by atoms with Crippen LogP contribution in [0.25, 0.3) is 0 Å². The topological polar surface area (TPSA) is 32.5 Å². The Bertz CT molecular complexity index is 232. The molecule has 2 saturated heterocycles. The van der Waals surface area contributed by atoms with Gasteiger partial charge in [0.25, 0.3) is 0 Å². The highest BCUT2D eigenvalue weighted by atomic mass is 15.2. The predicted octanol–water partition coefficient (Wildman–Crippen LogP) is 1.53. The third kappa shape index (κ3) is 3.43. The Labute approximate surface area is 106 Å². The van der Waals surface area contributed by atoms with Gasteiger partial charge in [-0.25, -0.2) is 0 Å². The molecule has 2 aliphatic rings. The van der Waals surface area contributed by atoms with Crippen LogP contribution in [0.4, 0.5) is 0 Å². The molecular weight excluding hydrogens is 210 g/mol. The van der Waals surface area contributed by atoms with Crippen LogP contribution in [0.3, 0.4) is 0 Å². The summed E-state index contributed by atoms with van der Waals surface area (Å²) >= 11 is 0. The molecule has 0 saturated carbocycles. The first-order valence-corrected chi connectivity index (χ1v) is 7.42. The second-order valence-corrected chi connectivity index (χ2v) is 5.95. The summed E-state index contributed by atoms with van der Waals surface area (Å²) in [6.07, 6.45) is 5.35. The summed E-state index contributed by atoms with van der Waals surface area (Å²) in [6.45, 7) is 10.7. The van der Waals surface area contributed by atoms with Gasteiger partial charge in [-0.15, -0.1) is 0 Å². The van der Waals surface area contributed by atoms with Crippen LogP contribution in [0.2, 0.25) is 0 Å². The highest BCUT2D eigenvalue weighted by Gasteiger charge is 2.29.